The minimum absolute atomic E-state index is 0.000363. The largest absolute Gasteiger partial charge is 0.336 e. The van der Waals surface area contributed by atoms with Gasteiger partial charge in [-0.25, -0.2) is 15.0 Å². The molecule has 0 aliphatic carbocycles. The summed E-state index contributed by atoms with van der Waals surface area (Å²) < 4.78 is 12.2. The van der Waals surface area contributed by atoms with E-state index in [-0.39, 0.29) is 5.91 Å². The quantitative estimate of drug-likeness (QED) is 0.597. The highest BCUT2D eigenvalue weighted by atomic mass is 31.2. The molecule has 2 fully saturated rings. The van der Waals surface area contributed by atoms with Crippen molar-refractivity contribution in [3.63, 3.8) is 0 Å². The van der Waals surface area contributed by atoms with Crippen molar-refractivity contribution in [3.05, 3.63) is 23.9 Å². The van der Waals surface area contributed by atoms with E-state index in [1.165, 1.54) is 0 Å². The third-order valence-corrected chi connectivity index (χ3v) is 7.50. The molecule has 0 aromatic carbocycles. The van der Waals surface area contributed by atoms with Gasteiger partial charge < -0.3 is 14.9 Å². The predicted octanol–water partition coefficient (Wildman–Crippen LogP) is 1.13. The Morgan fingerprint density at radius 1 is 1.15 bits per heavy atom. The Kier molecular flexibility index (Phi) is 5.97. The third-order valence-electron chi connectivity index (χ3n) is 5.23. The molecule has 2 saturated heterocycles. The SMILES string of the molecule is CP(C)(=O)C1CCN(Nc2ccc(C(=O)N3CCN(N)CC3)cn2)CC1. The highest BCUT2D eigenvalue weighted by molar-refractivity contribution is 7.63. The highest BCUT2D eigenvalue weighted by Crippen LogP contribution is 2.47. The molecule has 144 valence electrons. The van der Waals surface area contributed by atoms with Gasteiger partial charge in [-0.3, -0.25) is 10.6 Å². The van der Waals surface area contributed by atoms with Crippen molar-refractivity contribution in [2.24, 2.45) is 5.84 Å². The highest BCUT2D eigenvalue weighted by Gasteiger charge is 2.28. The lowest BCUT2D eigenvalue weighted by Gasteiger charge is -2.34. The molecule has 1 amide bonds. The van der Waals surface area contributed by atoms with Crippen LogP contribution in [-0.4, -0.2) is 84.1 Å². The third kappa shape index (κ3) is 4.82. The first kappa shape index (κ1) is 19.3. The van der Waals surface area contributed by atoms with E-state index in [9.17, 15) is 9.36 Å². The van der Waals surface area contributed by atoms with Crippen LogP contribution in [0.3, 0.4) is 0 Å². The van der Waals surface area contributed by atoms with Gasteiger partial charge in [-0.1, -0.05) is 0 Å². The van der Waals surface area contributed by atoms with Crippen LogP contribution in [0.5, 0.6) is 0 Å². The Hall–Kier alpha value is -1.47. The first-order chi connectivity index (χ1) is 12.3. The number of nitrogens with two attached hydrogens (primary N) is 1. The second-order valence-electron chi connectivity index (χ2n) is 7.52. The molecule has 3 rings (SSSR count). The number of hydrazine groups is 2. The van der Waals surface area contributed by atoms with Gasteiger partial charge in [0.1, 0.15) is 5.82 Å². The zero-order chi connectivity index (χ0) is 18.7. The van der Waals surface area contributed by atoms with Gasteiger partial charge >= 0.3 is 0 Å². The molecule has 0 bridgehead atoms. The second-order valence-corrected chi connectivity index (χ2v) is 11.1. The Bertz CT molecular complexity index is 660. The van der Waals surface area contributed by atoms with Gasteiger partial charge in [0.15, 0.2) is 0 Å². The summed E-state index contributed by atoms with van der Waals surface area (Å²) in [5.74, 6) is 6.46. The second kappa shape index (κ2) is 8.05. The monoisotopic (exact) mass is 380 g/mol. The number of rotatable bonds is 4. The molecule has 26 heavy (non-hydrogen) atoms. The summed E-state index contributed by atoms with van der Waals surface area (Å²) >= 11 is 0. The maximum Gasteiger partial charge on any atom is 0.255 e. The number of piperazine rings is 1. The number of aromatic nitrogens is 1. The summed E-state index contributed by atoms with van der Waals surface area (Å²) in [7, 11) is -2.01. The molecule has 2 aliphatic rings. The molecule has 1 aromatic rings. The number of pyridine rings is 1. The van der Waals surface area contributed by atoms with E-state index in [0.717, 1.165) is 31.7 Å². The number of nitrogens with one attached hydrogen (secondary N) is 1. The first-order valence-corrected chi connectivity index (χ1v) is 11.8. The van der Waals surface area contributed by atoms with Gasteiger partial charge in [0, 0.05) is 51.1 Å². The lowest BCUT2D eigenvalue weighted by atomic mass is 10.1. The molecule has 2 aliphatic heterocycles. The van der Waals surface area contributed by atoms with E-state index in [1.54, 1.807) is 11.2 Å². The van der Waals surface area contributed by atoms with E-state index < -0.39 is 7.14 Å². The van der Waals surface area contributed by atoms with Gasteiger partial charge in [0.2, 0.25) is 0 Å². The first-order valence-electron chi connectivity index (χ1n) is 9.14. The van der Waals surface area contributed by atoms with Crippen LogP contribution in [0.25, 0.3) is 0 Å². The van der Waals surface area contributed by atoms with E-state index >= 15 is 0 Å². The number of carbonyl (C=O) groups excluding carboxylic acids is 1. The molecule has 3 N–H and O–H groups in total. The summed E-state index contributed by atoms with van der Waals surface area (Å²) in [5.41, 5.74) is 4.21. The number of anilines is 1. The van der Waals surface area contributed by atoms with Gasteiger partial charge in [-0.05, 0) is 38.3 Å². The Morgan fingerprint density at radius 2 is 1.81 bits per heavy atom. The molecule has 0 spiro atoms. The van der Waals surface area contributed by atoms with Crippen LogP contribution in [-0.2, 0) is 4.57 Å². The summed E-state index contributed by atoms with van der Waals surface area (Å²) in [4.78, 5) is 18.7. The molecular weight excluding hydrogens is 351 g/mol. The van der Waals surface area contributed by atoms with Crippen molar-refractivity contribution in [2.75, 3.05) is 58.0 Å². The fourth-order valence-electron chi connectivity index (χ4n) is 3.46. The number of nitrogens with zero attached hydrogens (tertiary/aromatic N) is 4. The van der Waals surface area contributed by atoms with Crippen LogP contribution in [0.4, 0.5) is 5.82 Å². The summed E-state index contributed by atoms with van der Waals surface area (Å²) in [6.45, 7) is 8.13. The topological polar surface area (TPSA) is 94.8 Å². The number of hydrogen-bond acceptors (Lipinski definition) is 7. The smallest absolute Gasteiger partial charge is 0.255 e. The van der Waals surface area contributed by atoms with Crippen LogP contribution >= 0.6 is 7.14 Å². The van der Waals surface area contributed by atoms with Crippen LogP contribution in [0.1, 0.15) is 23.2 Å². The van der Waals surface area contributed by atoms with Crippen LogP contribution in [0, 0.1) is 0 Å². The van der Waals surface area contributed by atoms with Crippen molar-refractivity contribution in [2.45, 2.75) is 18.5 Å². The molecule has 0 saturated carbocycles. The van der Waals surface area contributed by atoms with Gasteiger partial charge in [-0.15, -0.1) is 0 Å². The molecule has 0 radical (unpaired) electrons. The molecule has 9 heteroatoms. The Morgan fingerprint density at radius 3 is 2.35 bits per heavy atom. The van der Waals surface area contributed by atoms with Gasteiger partial charge in [0.25, 0.3) is 5.91 Å². The maximum absolute atomic E-state index is 12.5. The minimum atomic E-state index is -2.01. The van der Waals surface area contributed by atoms with Crippen LogP contribution in [0.2, 0.25) is 0 Å². The maximum atomic E-state index is 12.5. The summed E-state index contributed by atoms with van der Waals surface area (Å²) in [5, 5.41) is 3.84. The number of hydrogen-bond donors (Lipinski definition) is 2. The fourth-order valence-corrected chi connectivity index (χ4v) is 4.93. The fraction of sp³-hybridized carbons (Fsp3) is 0.647. The molecule has 0 atom stereocenters. The average Bonchev–Trinajstić information content (AvgIpc) is 2.62. The number of carbonyl (C=O) groups is 1. The predicted molar refractivity (Wildman–Crippen MR) is 104 cm³/mol. The normalized spacial score (nSPS) is 21.0. The summed E-state index contributed by atoms with van der Waals surface area (Å²) in [6.07, 6.45) is 3.49. The van der Waals surface area contributed by atoms with E-state index in [4.69, 9.17) is 5.84 Å². The zero-order valence-corrected chi connectivity index (χ0v) is 16.5. The number of amides is 1. The van der Waals surface area contributed by atoms with E-state index in [2.05, 4.69) is 15.4 Å². The van der Waals surface area contributed by atoms with Crippen LogP contribution < -0.4 is 11.3 Å². The molecule has 1 aromatic heterocycles. The zero-order valence-electron chi connectivity index (χ0n) is 15.6. The van der Waals surface area contributed by atoms with Crippen molar-refractivity contribution in [1.29, 1.82) is 0 Å². The van der Waals surface area contributed by atoms with Gasteiger partial charge in [-0.2, -0.15) is 0 Å². The van der Waals surface area contributed by atoms with Crippen molar-refractivity contribution >= 4 is 18.9 Å². The van der Waals surface area contributed by atoms with E-state index in [1.807, 2.05) is 30.4 Å². The van der Waals surface area contributed by atoms with Crippen molar-refractivity contribution < 1.29 is 9.36 Å². The van der Waals surface area contributed by atoms with Gasteiger partial charge in [0.05, 0.1) is 12.7 Å². The molecular formula is C17H29N6O2P. The minimum Gasteiger partial charge on any atom is -0.336 e. The lowest BCUT2D eigenvalue weighted by molar-refractivity contribution is 0.0637. The summed E-state index contributed by atoms with van der Waals surface area (Å²) in [6, 6.07) is 3.65. The van der Waals surface area contributed by atoms with Crippen LogP contribution in [0.15, 0.2) is 18.3 Å². The Labute approximate surface area is 155 Å². The standard InChI is InChI=1S/C17H29N6O2P/c1-26(2,25)15-5-7-23(8-6-15)20-16-4-3-14(13-19-16)17(24)21-9-11-22(18)12-10-21/h3-4,13,15H,5-12,18H2,1-2H3,(H,19,20). The van der Waals surface area contributed by atoms with E-state index in [0.29, 0.717) is 37.4 Å². The molecule has 8 nitrogen and oxygen atoms in total. The van der Waals surface area contributed by atoms with Crippen molar-refractivity contribution in [3.8, 4) is 0 Å². The lowest BCUT2D eigenvalue weighted by Crippen LogP contribution is -2.51. The Balaban J connectivity index is 1.52. The number of piperidine rings is 1. The average molecular weight is 380 g/mol. The van der Waals surface area contributed by atoms with Crippen molar-refractivity contribution in [1.82, 2.24) is 19.9 Å². The molecule has 0 unspecified atom stereocenters. The molecule has 3 heterocycles.